The molecule has 0 unspecified atom stereocenters. The molecule has 0 radical (unpaired) electrons. The largest absolute Gasteiger partial charge is 0.454 e. The number of hydrogen-bond acceptors (Lipinski definition) is 5. The van der Waals surface area contributed by atoms with Crippen LogP contribution in [-0.2, 0) is 0 Å². The number of carbonyl (C=O) groups is 1. The summed E-state index contributed by atoms with van der Waals surface area (Å²) in [4.78, 5) is 18.6. The predicted molar refractivity (Wildman–Crippen MR) is 86.0 cm³/mol. The van der Waals surface area contributed by atoms with Crippen molar-refractivity contribution in [2.75, 3.05) is 26.5 Å². The molecular weight excluding hydrogens is 308 g/mol. The molecule has 1 fully saturated rings. The number of amides is 1. The van der Waals surface area contributed by atoms with E-state index in [9.17, 15) is 9.90 Å². The summed E-state index contributed by atoms with van der Waals surface area (Å²) in [6.07, 6.45) is 3.48. The monoisotopic (exact) mass is 326 g/mol. The van der Waals surface area contributed by atoms with Crippen LogP contribution in [0.25, 0.3) is 0 Å². The quantitative estimate of drug-likeness (QED) is 0.929. The lowest BCUT2D eigenvalue weighted by Crippen LogP contribution is -2.29. The summed E-state index contributed by atoms with van der Waals surface area (Å²) in [6.45, 7) is 1.37. The highest BCUT2D eigenvalue weighted by atomic mass is 16.7. The molecule has 6 heteroatoms. The molecule has 2 atom stereocenters. The maximum atomic E-state index is 12.8. The summed E-state index contributed by atoms with van der Waals surface area (Å²) in [6, 6.07) is 9.13. The molecule has 0 spiro atoms. The summed E-state index contributed by atoms with van der Waals surface area (Å²) in [7, 11) is 0. The van der Waals surface area contributed by atoms with Gasteiger partial charge in [-0.2, -0.15) is 0 Å². The van der Waals surface area contributed by atoms with Gasteiger partial charge in [-0.25, -0.2) is 0 Å². The number of nitrogens with zero attached hydrogens (tertiary/aromatic N) is 2. The van der Waals surface area contributed by atoms with Gasteiger partial charge in [0.05, 0.1) is 0 Å². The number of ether oxygens (including phenoxy) is 2. The Bertz CT molecular complexity index is 750. The average molecular weight is 326 g/mol. The van der Waals surface area contributed by atoms with E-state index >= 15 is 0 Å². The van der Waals surface area contributed by atoms with Crippen LogP contribution in [0.2, 0.25) is 0 Å². The van der Waals surface area contributed by atoms with Crippen molar-refractivity contribution in [3.8, 4) is 11.5 Å². The highest BCUT2D eigenvalue weighted by Gasteiger charge is 2.36. The predicted octanol–water partition coefficient (Wildman–Crippen LogP) is 1.66. The Morgan fingerprint density at radius 3 is 2.75 bits per heavy atom. The normalized spacial score (nSPS) is 22.0. The van der Waals surface area contributed by atoms with Crippen LogP contribution < -0.4 is 9.47 Å². The second-order valence-electron chi connectivity index (χ2n) is 6.11. The van der Waals surface area contributed by atoms with Gasteiger partial charge in [0.25, 0.3) is 5.91 Å². The van der Waals surface area contributed by atoms with Gasteiger partial charge in [-0.05, 0) is 35.9 Å². The molecule has 0 bridgehead atoms. The zero-order valence-electron chi connectivity index (χ0n) is 13.1. The van der Waals surface area contributed by atoms with Crippen LogP contribution in [0.1, 0.15) is 21.8 Å². The minimum Gasteiger partial charge on any atom is -0.454 e. The van der Waals surface area contributed by atoms with Crippen LogP contribution in [0.5, 0.6) is 11.5 Å². The van der Waals surface area contributed by atoms with Gasteiger partial charge in [-0.15, -0.1) is 0 Å². The molecule has 1 aromatic carbocycles. The molecule has 1 saturated heterocycles. The molecule has 0 aliphatic carbocycles. The van der Waals surface area contributed by atoms with Gasteiger partial charge in [0.15, 0.2) is 11.5 Å². The lowest BCUT2D eigenvalue weighted by atomic mass is 9.90. The molecule has 3 heterocycles. The van der Waals surface area contributed by atoms with Crippen molar-refractivity contribution in [1.82, 2.24) is 9.88 Å². The van der Waals surface area contributed by atoms with Crippen molar-refractivity contribution in [3.05, 3.63) is 53.9 Å². The van der Waals surface area contributed by atoms with Gasteiger partial charge in [0, 0.05) is 49.5 Å². The van der Waals surface area contributed by atoms with E-state index in [2.05, 4.69) is 4.98 Å². The minimum absolute atomic E-state index is 0.0327. The van der Waals surface area contributed by atoms with E-state index in [-0.39, 0.29) is 31.1 Å². The number of hydrogen-bond donors (Lipinski definition) is 1. The molecule has 6 nitrogen and oxygen atoms in total. The molecule has 1 amide bonds. The van der Waals surface area contributed by atoms with Crippen LogP contribution in [0, 0.1) is 5.92 Å². The van der Waals surface area contributed by atoms with Crippen molar-refractivity contribution < 1.29 is 19.4 Å². The van der Waals surface area contributed by atoms with E-state index in [1.54, 1.807) is 35.5 Å². The number of likely N-dealkylation sites (tertiary alicyclic amines) is 1. The zero-order chi connectivity index (χ0) is 16.5. The van der Waals surface area contributed by atoms with Gasteiger partial charge in [0.1, 0.15) is 0 Å². The maximum Gasteiger partial charge on any atom is 0.254 e. The number of aliphatic hydroxyl groups is 1. The highest BCUT2D eigenvalue weighted by molar-refractivity contribution is 5.95. The Hall–Kier alpha value is -2.60. The topological polar surface area (TPSA) is 71.9 Å². The van der Waals surface area contributed by atoms with E-state index in [0.717, 1.165) is 5.56 Å². The minimum atomic E-state index is -0.0525. The Labute approximate surface area is 139 Å². The van der Waals surface area contributed by atoms with E-state index < -0.39 is 0 Å². The van der Waals surface area contributed by atoms with Crippen molar-refractivity contribution in [2.45, 2.75) is 5.92 Å². The third kappa shape index (κ3) is 2.59. The smallest absolute Gasteiger partial charge is 0.254 e. The summed E-state index contributed by atoms with van der Waals surface area (Å²) in [5.41, 5.74) is 1.68. The van der Waals surface area contributed by atoms with Crippen LogP contribution in [0.3, 0.4) is 0 Å². The second-order valence-corrected chi connectivity index (χ2v) is 6.11. The fraction of sp³-hybridized carbons (Fsp3) is 0.333. The molecule has 24 heavy (non-hydrogen) atoms. The number of aliphatic hydroxyl groups excluding tert-OH is 1. The third-order valence-corrected chi connectivity index (χ3v) is 4.72. The molecule has 2 aliphatic rings. The number of aromatic nitrogens is 1. The number of benzene rings is 1. The molecule has 1 aromatic heterocycles. The summed E-state index contributed by atoms with van der Waals surface area (Å²) < 4.78 is 10.6. The van der Waals surface area contributed by atoms with Gasteiger partial charge in [-0.1, -0.05) is 0 Å². The van der Waals surface area contributed by atoms with Crippen LogP contribution >= 0.6 is 0 Å². The van der Waals surface area contributed by atoms with Crippen LogP contribution in [0.15, 0.2) is 42.7 Å². The first-order valence-corrected chi connectivity index (χ1v) is 7.96. The molecule has 4 rings (SSSR count). The van der Waals surface area contributed by atoms with Crippen LogP contribution in [0.4, 0.5) is 0 Å². The summed E-state index contributed by atoms with van der Waals surface area (Å²) >= 11 is 0. The standard InChI is InChI=1S/C18H18N2O4/c21-10-14-8-20(9-15(14)12-3-5-19-6-4-12)18(22)13-1-2-16-17(7-13)24-11-23-16/h1-7,14-15,21H,8-11H2/t14-,15-/m0/s1. The lowest BCUT2D eigenvalue weighted by Gasteiger charge is -2.17. The van der Waals surface area contributed by atoms with Gasteiger partial charge >= 0.3 is 0 Å². The summed E-state index contributed by atoms with van der Waals surface area (Å²) in [5, 5.41) is 9.70. The molecule has 2 aliphatic heterocycles. The summed E-state index contributed by atoms with van der Waals surface area (Å²) in [5.74, 6) is 1.37. The highest BCUT2D eigenvalue weighted by Crippen LogP contribution is 2.35. The number of pyridine rings is 1. The number of fused-ring (bicyclic) bond motifs is 1. The van der Waals surface area contributed by atoms with E-state index in [1.807, 2.05) is 12.1 Å². The lowest BCUT2D eigenvalue weighted by molar-refractivity contribution is 0.0781. The average Bonchev–Trinajstić information content (AvgIpc) is 3.27. The maximum absolute atomic E-state index is 12.8. The fourth-order valence-corrected chi connectivity index (χ4v) is 3.42. The van der Waals surface area contributed by atoms with Crippen molar-refractivity contribution >= 4 is 5.91 Å². The van der Waals surface area contributed by atoms with E-state index in [4.69, 9.17) is 9.47 Å². The van der Waals surface area contributed by atoms with Gasteiger partial charge in [-0.3, -0.25) is 9.78 Å². The van der Waals surface area contributed by atoms with E-state index in [0.29, 0.717) is 30.2 Å². The molecule has 0 saturated carbocycles. The first-order valence-electron chi connectivity index (χ1n) is 7.96. The molecule has 124 valence electrons. The first-order chi connectivity index (χ1) is 11.8. The molecule has 2 aromatic rings. The van der Waals surface area contributed by atoms with Crippen molar-refractivity contribution in [1.29, 1.82) is 0 Å². The van der Waals surface area contributed by atoms with Crippen LogP contribution in [-0.4, -0.2) is 47.4 Å². The fourth-order valence-electron chi connectivity index (χ4n) is 3.42. The second kappa shape index (κ2) is 6.13. The van der Waals surface area contributed by atoms with Crippen molar-refractivity contribution in [2.24, 2.45) is 5.92 Å². The Morgan fingerprint density at radius 1 is 1.17 bits per heavy atom. The molecular formula is C18H18N2O4. The number of rotatable bonds is 3. The first kappa shape index (κ1) is 15.0. The Kier molecular flexibility index (Phi) is 3.82. The zero-order valence-corrected chi connectivity index (χ0v) is 13.1. The van der Waals surface area contributed by atoms with Crippen molar-refractivity contribution in [3.63, 3.8) is 0 Å². The Balaban J connectivity index is 1.55. The van der Waals surface area contributed by atoms with Gasteiger partial charge < -0.3 is 19.5 Å². The third-order valence-electron chi connectivity index (χ3n) is 4.72. The van der Waals surface area contributed by atoms with Gasteiger partial charge in [0.2, 0.25) is 6.79 Å². The number of carbonyl (C=O) groups excluding carboxylic acids is 1. The van der Waals surface area contributed by atoms with E-state index in [1.165, 1.54) is 0 Å². The molecule has 1 N–H and O–H groups in total. The SMILES string of the molecule is O=C(c1ccc2c(c1)OCO2)N1C[C@@H](CO)[C@H](c2ccncc2)C1. The Morgan fingerprint density at radius 2 is 1.96 bits per heavy atom.